The van der Waals surface area contributed by atoms with Gasteiger partial charge in [-0.05, 0) is 42.7 Å². The van der Waals surface area contributed by atoms with E-state index in [-0.39, 0.29) is 24.1 Å². The lowest BCUT2D eigenvalue weighted by molar-refractivity contribution is -0.274. The summed E-state index contributed by atoms with van der Waals surface area (Å²) in [6.45, 7) is 1.48. The number of amides is 1. The maximum absolute atomic E-state index is 12.3. The number of pyridine rings is 1. The van der Waals surface area contributed by atoms with Crippen molar-refractivity contribution in [3.05, 3.63) is 54.2 Å². The quantitative estimate of drug-likeness (QED) is 0.689. The number of benzene rings is 1. The number of piperidine rings is 1. The molecule has 3 aromatic rings. The third-order valence-corrected chi connectivity index (χ3v) is 4.96. The minimum atomic E-state index is -4.73. The molecule has 0 bridgehead atoms. The van der Waals surface area contributed by atoms with Crippen molar-refractivity contribution in [3.63, 3.8) is 0 Å². The van der Waals surface area contributed by atoms with E-state index in [0.29, 0.717) is 5.56 Å². The summed E-state index contributed by atoms with van der Waals surface area (Å²) in [6.07, 6.45) is -1.17. The van der Waals surface area contributed by atoms with Crippen molar-refractivity contribution in [2.45, 2.75) is 31.7 Å². The monoisotopic (exact) mass is 419 g/mol. The van der Waals surface area contributed by atoms with Gasteiger partial charge >= 0.3 is 6.36 Å². The SMILES string of the molecule is O=C(Cc1ccc(OC(F)(F)F)cc1)NC1CCN(c2nnc3ccccn23)CC1. The number of alkyl halides is 3. The number of rotatable bonds is 5. The number of carbonyl (C=O) groups is 1. The molecule has 30 heavy (non-hydrogen) atoms. The molecule has 7 nitrogen and oxygen atoms in total. The van der Waals surface area contributed by atoms with Gasteiger partial charge in [-0.3, -0.25) is 9.20 Å². The van der Waals surface area contributed by atoms with E-state index in [2.05, 4.69) is 25.2 Å². The number of anilines is 1. The Morgan fingerprint density at radius 2 is 1.83 bits per heavy atom. The van der Waals surface area contributed by atoms with Crippen LogP contribution in [-0.4, -0.2) is 46.0 Å². The Balaban J connectivity index is 1.27. The van der Waals surface area contributed by atoms with Crippen LogP contribution in [0.1, 0.15) is 18.4 Å². The molecule has 1 amide bonds. The van der Waals surface area contributed by atoms with Gasteiger partial charge in [-0.2, -0.15) is 0 Å². The van der Waals surface area contributed by atoms with Gasteiger partial charge in [-0.15, -0.1) is 23.4 Å². The lowest BCUT2D eigenvalue weighted by Crippen LogP contribution is -2.45. The average Bonchev–Trinajstić information content (AvgIpc) is 3.13. The molecule has 0 saturated carbocycles. The fourth-order valence-corrected chi connectivity index (χ4v) is 3.54. The summed E-state index contributed by atoms with van der Waals surface area (Å²) in [4.78, 5) is 14.5. The minimum Gasteiger partial charge on any atom is -0.406 e. The number of ether oxygens (including phenoxy) is 1. The second-order valence-corrected chi connectivity index (χ2v) is 7.13. The lowest BCUT2D eigenvalue weighted by atomic mass is 10.0. The molecule has 0 unspecified atom stereocenters. The largest absolute Gasteiger partial charge is 0.573 e. The summed E-state index contributed by atoms with van der Waals surface area (Å²) >= 11 is 0. The molecule has 1 aliphatic rings. The predicted octanol–water partition coefficient (Wildman–Crippen LogP) is 2.96. The summed E-state index contributed by atoms with van der Waals surface area (Å²) in [5.41, 5.74) is 1.41. The summed E-state index contributed by atoms with van der Waals surface area (Å²) in [5, 5.41) is 11.4. The van der Waals surface area contributed by atoms with Crippen LogP contribution in [0, 0.1) is 0 Å². The maximum atomic E-state index is 12.3. The van der Waals surface area contributed by atoms with Crippen LogP contribution in [0.2, 0.25) is 0 Å². The number of hydrogen-bond acceptors (Lipinski definition) is 5. The van der Waals surface area contributed by atoms with Gasteiger partial charge in [0.15, 0.2) is 5.65 Å². The molecule has 0 atom stereocenters. The number of halogens is 3. The highest BCUT2D eigenvalue weighted by molar-refractivity contribution is 5.78. The molecule has 10 heteroatoms. The van der Waals surface area contributed by atoms with E-state index in [1.807, 2.05) is 28.8 Å². The first kappa shape index (κ1) is 20.0. The lowest BCUT2D eigenvalue weighted by Gasteiger charge is -2.32. The Morgan fingerprint density at radius 1 is 1.10 bits per heavy atom. The highest BCUT2D eigenvalue weighted by Gasteiger charge is 2.31. The number of aromatic nitrogens is 3. The molecule has 0 spiro atoms. The number of carbonyl (C=O) groups excluding carboxylic acids is 1. The van der Waals surface area contributed by atoms with Gasteiger partial charge in [-0.25, -0.2) is 0 Å². The Morgan fingerprint density at radius 3 is 2.53 bits per heavy atom. The Bertz CT molecular complexity index is 1010. The van der Waals surface area contributed by atoms with Gasteiger partial charge in [-0.1, -0.05) is 18.2 Å². The Kier molecular flexibility index (Phi) is 5.47. The minimum absolute atomic E-state index is 0.0424. The van der Waals surface area contributed by atoms with Gasteiger partial charge in [0, 0.05) is 25.3 Å². The van der Waals surface area contributed by atoms with Crippen molar-refractivity contribution in [2.24, 2.45) is 0 Å². The number of nitrogens with one attached hydrogen (secondary N) is 1. The van der Waals surface area contributed by atoms with Crippen LogP contribution in [-0.2, 0) is 11.2 Å². The van der Waals surface area contributed by atoms with Gasteiger partial charge in [0.25, 0.3) is 0 Å². The molecule has 1 aromatic carbocycles. The molecule has 2 aromatic heterocycles. The van der Waals surface area contributed by atoms with Crippen LogP contribution in [0.25, 0.3) is 5.65 Å². The van der Waals surface area contributed by atoms with E-state index in [1.54, 1.807) is 0 Å². The van der Waals surface area contributed by atoms with E-state index < -0.39 is 6.36 Å². The molecule has 0 radical (unpaired) electrons. The summed E-state index contributed by atoms with van der Waals surface area (Å²) in [7, 11) is 0. The maximum Gasteiger partial charge on any atom is 0.573 e. The van der Waals surface area contributed by atoms with Crippen LogP contribution in [0.5, 0.6) is 5.75 Å². The molecule has 1 fully saturated rings. The van der Waals surface area contributed by atoms with Crippen molar-refractivity contribution in [2.75, 3.05) is 18.0 Å². The molecule has 158 valence electrons. The number of hydrogen-bond donors (Lipinski definition) is 1. The van der Waals surface area contributed by atoms with Crippen LogP contribution < -0.4 is 15.0 Å². The second-order valence-electron chi connectivity index (χ2n) is 7.13. The summed E-state index contributed by atoms with van der Waals surface area (Å²) < 4.78 is 42.4. The number of fused-ring (bicyclic) bond motifs is 1. The molecule has 0 aliphatic carbocycles. The van der Waals surface area contributed by atoms with Crippen molar-refractivity contribution in [3.8, 4) is 5.75 Å². The Hall–Kier alpha value is -3.30. The van der Waals surface area contributed by atoms with Gasteiger partial charge in [0.05, 0.1) is 6.42 Å². The molecular weight excluding hydrogens is 399 g/mol. The van der Waals surface area contributed by atoms with Crippen molar-refractivity contribution < 1.29 is 22.7 Å². The molecule has 3 heterocycles. The standard InChI is InChI=1S/C20H20F3N5O2/c21-20(22,23)30-16-6-4-14(5-7-16)13-18(29)24-15-8-11-27(12-9-15)19-26-25-17-3-1-2-10-28(17)19/h1-7,10,15H,8-9,11-13H2,(H,24,29). The third kappa shape index (κ3) is 4.81. The molecule has 1 N–H and O–H groups in total. The van der Waals surface area contributed by atoms with Crippen molar-refractivity contribution in [1.82, 2.24) is 19.9 Å². The number of nitrogens with zero attached hydrogens (tertiary/aromatic N) is 4. The Labute approximate surface area is 170 Å². The van der Waals surface area contributed by atoms with E-state index in [0.717, 1.165) is 37.5 Å². The normalized spacial score (nSPS) is 15.4. The highest BCUT2D eigenvalue weighted by atomic mass is 19.4. The van der Waals surface area contributed by atoms with Crippen LogP contribution in [0.15, 0.2) is 48.7 Å². The fraction of sp³-hybridized carbons (Fsp3) is 0.350. The van der Waals surface area contributed by atoms with Gasteiger partial charge < -0.3 is 15.0 Å². The molecular formula is C20H20F3N5O2. The molecule has 1 saturated heterocycles. The van der Waals surface area contributed by atoms with Crippen LogP contribution in [0.3, 0.4) is 0 Å². The van der Waals surface area contributed by atoms with Crippen molar-refractivity contribution >= 4 is 17.5 Å². The highest BCUT2D eigenvalue weighted by Crippen LogP contribution is 2.23. The molecule has 4 rings (SSSR count). The second kappa shape index (κ2) is 8.21. The first-order valence-electron chi connectivity index (χ1n) is 9.56. The van der Waals surface area contributed by atoms with Gasteiger partial charge in [0.1, 0.15) is 5.75 Å². The van der Waals surface area contributed by atoms with Gasteiger partial charge in [0.2, 0.25) is 11.9 Å². The third-order valence-electron chi connectivity index (χ3n) is 4.96. The zero-order chi connectivity index (χ0) is 21.1. The summed E-state index contributed by atoms with van der Waals surface area (Å²) in [6, 6.07) is 11.1. The smallest absolute Gasteiger partial charge is 0.406 e. The summed E-state index contributed by atoms with van der Waals surface area (Å²) in [5.74, 6) is 0.322. The van der Waals surface area contributed by atoms with E-state index >= 15 is 0 Å². The van der Waals surface area contributed by atoms with Crippen LogP contribution >= 0.6 is 0 Å². The first-order chi connectivity index (χ1) is 14.4. The predicted molar refractivity (Wildman–Crippen MR) is 103 cm³/mol. The van der Waals surface area contributed by atoms with E-state index in [1.165, 1.54) is 24.3 Å². The topological polar surface area (TPSA) is 71.8 Å². The van der Waals surface area contributed by atoms with E-state index in [4.69, 9.17) is 0 Å². The zero-order valence-corrected chi connectivity index (χ0v) is 16.0. The first-order valence-corrected chi connectivity index (χ1v) is 9.56. The fourth-order valence-electron chi connectivity index (χ4n) is 3.54. The van der Waals surface area contributed by atoms with Crippen LogP contribution in [0.4, 0.5) is 19.1 Å². The van der Waals surface area contributed by atoms with Crippen molar-refractivity contribution in [1.29, 1.82) is 0 Å². The average molecular weight is 419 g/mol. The van der Waals surface area contributed by atoms with E-state index in [9.17, 15) is 18.0 Å². The zero-order valence-electron chi connectivity index (χ0n) is 16.0. The molecule has 1 aliphatic heterocycles.